The van der Waals surface area contributed by atoms with Crippen molar-refractivity contribution >= 4 is 0 Å². The molecule has 0 spiro atoms. The molecule has 3 nitrogen and oxygen atoms in total. The minimum atomic E-state index is 0.421. The van der Waals surface area contributed by atoms with Gasteiger partial charge in [0.15, 0.2) is 0 Å². The molecule has 118 valence electrons. The van der Waals surface area contributed by atoms with Gasteiger partial charge in [0.2, 0.25) is 0 Å². The Labute approximate surface area is 132 Å². The predicted molar refractivity (Wildman–Crippen MR) is 84.7 cm³/mol. The fraction of sp³-hybridized carbons (Fsp3) is 0.895. The van der Waals surface area contributed by atoms with Crippen molar-refractivity contribution < 1.29 is 0 Å². The molecule has 1 aromatic heterocycles. The molecular formula is C19H27N3. The molecule has 6 fully saturated rings. The maximum atomic E-state index is 4.88. The molecule has 4 bridgehead atoms. The van der Waals surface area contributed by atoms with E-state index >= 15 is 0 Å². The smallest absolute Gasteiger partial charge is 0.139 e. The first-order chi connectivity index (χ1) is 10.8. The standard InChI is InChI=1S/C19H27N3/c1-2-16(3-1)22-17(15-4-5-15)20-21-18(22)19-9-12-6-13(10-19)8-14(7-12)11-19/h12-16H,1-11H2. The van der Waals surface area contributed by atoms with E-state index in [9.17, 15) is 0 Å². The second-order valence-electron chi connectivity index (χ2n) is 9.31. The summed E-state index contributed by atoms with van der Waals surface area (Å²) in [6.45, 7) is 0. The fourth-order valence-corrected chi connectivity index (χ4v) is 6.67. The van der Waals surface area contributed by atoms with Crippen LogP contribution in [0.5, 0.6) is 0 Å². The highest BCUT2D eigenvalue weighted by Gasteiger charge is 2.54. The van der Waals surface area contributed by atoms with E-state index in [-0.39, 0.29) is 0 Å². The topological polar surface area (TPSA) is 30.7 Å². The van der Waals surface area contributed by atoms with Crippen LogP contribution in [0.4, 0.5) is 0 Å². The summed E-state index contributed by atoms with van der Waals surface area (Å²) in [5, 5.41) is 9.63. The molecule has 0 saturated heterocycles. The Morgan fingerprint density at radius 1 is 0.818 bits per heavy atom. The van der Waals surface area contributed by atoms with Gasteiger partial charge in [0, 0.05) is 17.4 Å². The van der Waals surface area contributed by atoms with Crippen molar-refractivity contribution in [3.8, 4) is 0 Å². The van der Waals surface area contributed by atoms with Gasteiger partial charge in [-0.3, -0.25) is 0 Å². The molecule has 7 rings (SSSR count). The Morgan fingerprint density at radius 2 is 1.45 bits per heavy atom. The van der Waals surface area contributed by atoms with E-state index in [2.05, 4.69) is 4.57 Å². The number of hydrogen-bond acceptors (Lipinski definition) is 2. The van der Waals surface area contributed by atoms with Crippen LogP contribution in [0.15, 0.2) is 0 Å². The minimum absolute atomic E-state index is 0.421. The van der Waals surface area contributed by atoms with Crippen LogP contribution in [0.3, 0.4) is 0 Å². The maximum Gasteiger partial charge on any atom is 0.139 e. The van der Waals surface area contributed by atoms with Gasteiger partial charge in [-0.25, -0.2) is 0 Å². The van der Waals surface area contributed by atoms with Crippen LogP contribution < -0.4 is 0 Å². The normalized spacial score (nSPS) is 43.5. The van der Waals surface area contributed by atoms with Gasteiger partial charge >= 0.3 is 0 Å². The second-order valence-corrected chi connectivity index (χ2v) is 9.31. The Morgan fingerprint density at radius 3 is 1.95 bits per heavy atom. The highest BCUT2D eigenvalue weighted by atomic mass is 15.3. The van der Waals surface area contributed by atoms with Crippen molar-refractivity contribution in [2.75, 3.05) is 0 Å². The molecular weight excluding hydrogens is 270 g/mol. The highest BCUT2D eigenvalue weighted by molar-refractivity contribution is 5.22. The van der Waals surface area contributed by atoms with Crippen LogP contribution >= 0.6 is 0 Å². The summed E-state index contributed by atoms with van der Waals surface area (Å²) in [4.78, 5) is 0. The van der Waals surface area contributed by atoms with Crippen molar-refractivity contribution in [2.24, 2.45) is 17.8 Å². The fourth-order valence-electron chi connectivity index (χ4n) is 6.67. The lowest BCUT2D eigenvalue weighted by molar-refractivity contribution is -0.0126. The number of aromatic nitrogens is 3. The summed E-state index contributed by atoms with van der Waals surface area (Å²) >= 11 is 0. The van der Waals surface area contributed by atoms with Crippen molar-refractivity contribution in [2.45, 2.75) is 88.0 Å². The van der Waals surface area contributed by atoms with Crippen LogP contribution in [0, 0.1) is 17.8 Å². The van der Waals surface area contributed by atoms with E-state index in [0.29, 0.717) is 5.41 Å². The molecule has 0 aromatic carbocycles. The zero-order valence-electron chi connectivity index (χ0n) is 13.5. The third kappa shape index (κ3) is 1.63. The second kappa shape index (κ2) is 4.15. The zero-order valence-corrected chi connectivity index (χ0v) is 13.5. The van der Waals surface area contributed by atoms with E-state index in [0.717, 1.165) is 29.7 Å². The molecule has 0 N–H and O–H groups in total. The van der Waals surface area contributed by atoms with Gasteiger partial charge in [-0.2, -0.15) is 0 Å². The van der Waals surface area contributed by atoms with E-state index < -0.39 is 0 Å². The van der Waals surface area contributed by atoms with E-state index in [1.807, 2.05) is 0 Å². The van der Waals surface area contributed by atoms with Crippen molar-refractivity contribution in [3.05, 3.63) is 11.6 Å². The molecule has 0 amide bonds. The molecule has 0 unspecified atom stereocenters. The van der Waals surface area contributed by atoms with Crippen LogP contribution in [-0.4, -0.2) is 14.8 Å². The third-order valence-electron chi connectivity index (χ3n) is 7.62. The van der Waals surface area contributed by atoms with Gasteiger partial charge < -0.3 is 4.57 Å². The monoisotopic (exact) mass is 297 g/mol. The first-order valence-corrected chi connectivity index (χ1v) is 9.76. The SMILES string of the molecule is C1CC(n2c(C3CC3)nnc2C23CC4CC(CC(C4)C2)C3)C1. The number of hydrogen-bond donors (Lipinski definition) is 0. The largest absolute Gasteiger partial charge is 0.311 e. The highest BCUT2D eigenvalue weighted by Crippen LogP contribution is 2.61. The molecule has 1 aromatic rings. The lowest BCUT2D eigenvalue weighted by atomic mass is 9.49. The first-order valence-electron chi connectivity index (χ1n) is 9.76. The van der Waals surface area contributed by atoms with Crippen LogP contribution in [0.1, 0.15) is 94.2 Å². The predicted octanol–water partition coefficient (Wildman–Crippen LogP) is 4.35. The van der Waals surface area contributed by atoms with E-state index in [1.54, 1.807) is 0 Å². The van der Waals surface area contributed by atoms with Crippen LogP contribution in [0.2, 0.25) is 0 Å². The lowest BCUT2D eigenvalue weighted by Gasteiger charge is -2.56. The van der Waals surface area contributed by atoms with Crippen LogP contribution in [0.25, 0.3) is 0 Å². The zero-order chi connectivity index (χ0) is 14.3. The summed E-state index contributed by atoms with van der Waals surface area (Å²) in [5.74, 6) is 6.57. The summed E-state index contributed by atoms with van der Waals surface area (Å²) in [7, 11) is 0. The average molecular weight is 297 g/mol. The van der Waals surface area contributed by atoms with Crippen LogP contribution in [-0.2, 0) is 5.41 Å². The summed E-state index contributed by atoms with van der Waals surface area (Å²) in [5.41, 5.74) is 0.421. The molecule has 22 heavy (non-hydrogen) atoms. The average Bonchev–Trinajstić information content (AvgIpc) is 3.16. The molecule has 0 atom stereocenters. The van der Waals surface area contributed by atoms with Gasteiger partial charge in [0.25, 0.3) is 0 Å². The lowest BCUT2D eigenvalue weighted by Crippen LogP contribution is -2.50. The molecule has 6 saturated carbocycles. The van der Waals surface area contributed by atoms with Crippen molar-refractivity contribution in [3.63, 3.8) is 0 Å². The summed E-state index contributed by atoms with van der Waals surface area (Å²) in [6.07, 6.45) is 15.7. The van der Waals surface area contributed by atoms with Gasteiger partial charge in [-0.15, -0.1) is 10.2 Å². The Balaban J connectivity index is 1.46. The molecule has 6 aliphatic rings. The van der Waals surface area contributed by atoms with Gasteiger partial charge in [0.1, 0.15) is 11.6 Å². The van der Waals surface area contributed by atoms with Crippen molar-refractivity contribution in [1.29, 1.82) is 0 Å². The molecule has 3 heteroatoms. The maximum absolute atomic E-state index is 4.88. The molecule has 0 aliphatic heterocycles. The minimum Gasteiger partial charge on any atom is -0.311 e. The number of rotatable bonds is 3. The first kappa shape index (κ1) is 12.5. The quantitative estimate of drug-likeness (QED) is 0.830. The third-order valence-corrected chi connectivity index (χ3v) is 7.62. The van der Waals surface area contributed by atoms with Crippen molar-refractivity contribution in [1.82, 2.24) is 14.8 Å². The molecule has 1 heterocycles. The van der Waals surface area contributed by atoms with Gasteiger partial charge in [-0.05, 0) is 88.4 Å². The van der Waals surface area contributed by atoms with Gasteiger partial charge in [-0.1, -0.05) is 0 Å². The molecule has 0 radical (unpaired) electrons. The number of nitrogens with zero attached hydrogens (tertiary/aromatic N) is 3. The summed E-state index contributed by atoms with van der Waals surface area (Å²) in [6, 6.07) is 0.744. The summed E-state index contributed by atoms with van der Waals surface area (Å²) < 4.78 is 2.69. The van der Waals surface area contributed by atoms with E-state index in [4.69, 9.17) is 10.2 Å². The Hall–Kier alpha value is -0.860. The Kier molecular flexibility index (Phi) is 2.37. The van der Waals surface area contributed by atoms with E-state index in [1.165, 1.54) is 82.3 Å². The van der Waals surface area contributed by atoms with Gasteiger partial charge in [0.05, 0.1) is 0 Å². The molecule has 6 aliphatic carbocycles. The Bertz CT molecular complexity index is 573.